The van der Waals surface area contributed by atoms with E-state index in [1.165, 1.54) is 23.9 Å². The maximum Gasteiger partial charge on any atom is 0.269 e. The molecule has 0 spiro atoms. The van der Waals surface area contributed by atoms with E-state index in [1.54, 1.807) is 12.1 Å². The van der Waals surface area contributed by atoms with Crippen LogP contribution in [0.4, 0.5) is 5.69 Å². The third-order valence-corrected chi connectivity index (χ3v) is 5.32. The second-order valence-electron chi connectivity index (χ2n) is 6.10. The molecular weight excluding hydrogens is 364 g/mol. The molecule has 1 unspecified atom stereocenters. The SMILES string of the molecule is Cc1nc2ccccc2n1CCNC(=O)C(C)Sc1ccc([N+](=O)[O-])cc1. The van der Waals surface area contributed by atoms with Gasteiger partial charge in [-0.15, -0.1) is 11.8 Å². The second-order valence-corrected chi connectivity index (χ2v) is 7.52. The van der Waals surface area contributed by atoms with Gasteiger partial charge in [0.2, 0.25) is 5.91 Å². The van der Waals surface area contributed by atoms with E-state index in [0.717, 1.165) is 21.8 Å². The lowest BCUT2D eigenvalue weighted by molar-refractivity contribution is -0.384. The first-order chi connectivity index (χ1) is 13.0. The molecule has 1 heterocycles. The first-order valence-electron chi connectivity index (χ1n) is 8.56. The molecule has 27 heavy (non-hydrogen) atoms. The van der Waals surface area contributed by atoms with Gasteiger partial charge in [0.05, 0.1) is 21.2 Å². The zero-order valence-electron chi connectivity index (χ0n) is 15.1. The van der Waals surface area contributed by atoms with Crippen LogP contribution in [0.5, 0.6) is 0 Å². The van der Waals surface area contributed by atoms with Crippen molar-refractivity contribution in [1.82, 2.24) is 14.9 Å². The fraction of sp³-hybridized carbons (Fsp3) is 0.263. The van der Waals surface area contributed by atoms with Gasteiger partial charge >= 0.3 is 0 Å². The Morgan fingerprint density at radius 1 is 1.26 bits per heavy atom. The van der Waals surface area contributed by atoms with E-state index in [-0.39, 0.29) is 16.8 Å². The Morgan fingerprint density at radius 3 is 2.67 bits per heavy atom. The number of rotatable bonds is 7. The van der Waals surface area contributed by atoms with Crippen LogP contribution < -0.4 is 5.32 Å². The van der Waals surface area contributed by atoms with E-state index in [1.807, 2.05) is 38.1 Å². The van der Waals surface area contributed by atoms with Crippen molar-refractivity contribution in [2.45, 2.75) is 30.5 Å². The summed E-state index contributed by atoms with van der Waals surface area (Å²) >= 11 is 1.37. The second kappa shape index (κ2) is 8.22. The number of non-ortho nitro benzene ring substituents is 1. The summed E-state index contributed by atoms with van der Waals surface area (Å²) in [5.74, 6) is 0.846. The lowest BCUT2D eigenvalue weighted by Gasteiger charge is -2.13. The zero-order valence-corrected chi connectivity index (χ0v) is 15.9. The molecule has 1 aromatic heterocycles. The lowest BCUT2D eigenvalue weighted by atomic mass is 10.3. The van der Waals surface area contributed by atoms with Crippen molar-refractivity contribution in [2.24, 2.45) is 0 Å². The van der Waals surface area contributed by atoms with Crippen LogP contribution in [0, 0.1) is 17.0 Å². The van der Waals surface area contributed by atoms with Crippen LogP contribution >= 0.6 is 11.8 Å². The number of carbonyl (C=O) groups excluding carboxylic acids is 1. The van der Waals surface area contributed by atoms with Crippen molar-refractivity contribution in [3.63, 3.8) is 0 Å². The van der Waals surface area contributed by atoms with E-state index in [2.05, 4.69) is 14.9 Å². The number of amides is 1. The van der Waals surface area contributed by atoms with Crippen LogP contribution in [-0.4, -0.2) is 32.2 Å². The third kappa shape index (κ3) is 4.46. The van der Waals surface area contributed by atoms with Gasteiger partial charge in [0.1, 0.15) is 5.82 Å². The largest absolute Gasteiger partial charge is 0.353 e. The smallest absolute Gasteiger partial charge is 0.269 e. The number of nitrogens with zero attached hydrogens (tertiary/aromatic N) is 3. The average molecular weight is 384 g/mol. The van der Waals surface area contributed by atoms with Crippen LogP contribution in [0.15, 0.2) is 53.4 Å². The number of para-hydroxylation sites is 2. The molecule has 3 aromatic rings. The molecule has 0 aliphatic heterocycles. The standard InChI is InChI=1S/C19H20N4O3S/c1-13(27-16-9-7-15(8-10-16)23(25)26)19(24)20-11-12-22-14(2)21-17-5-3-4-6-18(17)22/h3-10,13H,11-12H2,1-2H3,(H,20,24). The van der Waals surface area contributed by atoms with Crippen LogP contribution in [0.2, 0.25) is 0 Å². The van der Waals surface area contributed by atoms with Crippen molar-refractivity contribution in [3.8, 4) is 0 Å². The highest BCUT2D eigenvalue weighted by Gasteiger charge is 2.15. The summed E-state index contributed by atoms with van der Waals surface area (Å²) < 4.78 is 2.09. The molecular formula is C19H20N4O3S. The molecule has 1 atom stereocenters. The summed E-state index contributed by atoms with van der Waals surface area (Å²) in [6.07, 6.45) is 0. The summed E-state index contributed by atoms with van der Waals surface area (Å²) in [4.78, 5) is 27.9. The zero-order chi connectivity index (χ0) is 19.4. The Bertz CT molecular complexity index is 969. The van der Waals surface area contributed by atoms with Crippen molar-refractivity contribution in [1.29, 1.82) is 0 Å². The highest BCUT2D eigenvalue weighted by molar-refractivity contribution is 8.00. The predicted molar refractivity (Wildman–Crippen MR) is 106 cm³/mol. The molecule has 0 aliphatic carbocycles. The number of benzene rings is 2. The molecule has 0 saturated heterocycles. The number of imidazole rings is 1. The van der Waals surface area contributed by atoms with Gasteiger partial charge in [-0.05, 0) is 38.1 Å². The monoisotopic (exact) mass is 384 g/mol. The summed E-state index contributed by atoms with van der Waals surface area (Å²) in [6.45, 7) is 4.92. The number of aromatic nitrogens is 2. The van der Waals surface area contributed by atoms with E-state index in [4.69, 9.17) is 0 Å². The molecule has 7 nitrogen and oxygen atoms in total. The van der Waals surface area contributed by atoms with Gasteiger partial charge in [-0.25, -0.2) is 4.98 Å². The summed E-state index contributed by atoms with van der Waals surface area (Å²) in [7, 11) is 0. The molecule has 8 heteroatoms. The lowest BCUT2D eigenvalue weighted by Crippen LogP contribution is -2.33. The van der Waals surface area contributed by atoms with E-state index in [0.29, 0.717) is 13.1 Å². The van der Waals surface area contributed by atoms with Crippen molar-refractivity contribution in [2.75, 3.05) is 6.54 Å². The highest BCUT2D eigenvalue weighted by Crippen LogP contribution is 2.25. The van der Waals surface area contributed by atoms with Crippen LogP contribution in [0.25, 0.3) is 11.0 Å². The van der Waals surface area contributed by atoms with Crippen molar-refractivity contribution >= 4 is 34.4 Å². The van der Waals surface area contributed by atoms with E-state index >= 15 is 0 Å². The van der Waals surface area contributed by atoms with Gasteiger partial charge in [0.15, 0.2) is 0 Å². The van der Waals surface area contributed by atoms with Gasteiger partial charge in [0.25, 0.3) is 5.69 Å². The third-order valence-electron chi connectivity index (χ3n) is 4.21. The van der Waals surface area contributed by atoms with Crippen LogP contribution in [-0.2, 0) is 11.3 Å². The molecule has 1 N–H and O–H groups in total. The number of hydrogen-bond donors (Lipinski definition) is 1. The topological polar surface area (TPSA) is 90.1 Å². The highest BCUT2D eigenvalue weighted by atomic mass is 32.2. The maximum atomic E-state index is 12.3. The first-order valence-corrected chi connectivity index (χ1v) is 9.44. The van der Waals surface area contributed by atoms with Crippen molar-refractivity contribution in [3.05, 3.63) is 64.5 Å². The molecule has 2 aromatic carbocycles. The predicted octanol–water partition coefficient (Wildman–Crippen LogP) is 3.55. The molecule has 0 bridgehead atoms. The Hall–Kier alpha value is -2.87. The Labute approximate surface area is 160 Å². The molecule has 1 amide bonds. The molecule has 0 saturated carbocycles. The number of hydrogen-bond acceptors (Lipinski definition) is 5. The van der Waals surface area contributed by atoms with Gasteiger partial charge in [-0.3, -0.25) is 14.9 Å². The maximum absolute atomic E-state index is 12.3. The number of nitro benzene ring substituents is 1. The van der Waals surface area contributed by atoms with E-state index in [9.17, 15) is 14.9 Å². The molecule has 0 fully saturated rings. The van der Waals surface area contributed by atoms with Crippen LogP contribution in [0.3, 0.4) is 0 Å². The number of nitrogens with one attached hydrogen (secondary N) is 1. The molecule has 140 valence electrons. The fourth-order valence-corrected chi connectivity index (χ4v) is 3.71. The van der Waals surface area contributed by atoms with Gasteiger partial charge < -0.3 is 9.88 Å². The fourth-order valence-electron chi connectivity index (χ4n) is 2.82. The average Bonchev–Trinajstić information content (AvgIpc) is 2.97. The van der Waals surface area contributed by atoms with Crippen LogP contribution in [0.1, 0.15) is 12.7 Å². The Morgan fingerprint density at radius 2 is 1.96 bits per heavy atom. The minimum Gasteiger partial charge on any atom is -0.353 e. The minimum absolute atomic E-state index is 0.0411. The van der Waals surface area contributed by atoms with Gasteiger partial charge in [0, 0.05) is 30.1 Å². The Balaban J connectivity index is 1.54. The van der Waals surface area contributed by atoms with Gasteiger partial charge in [-0.2, -0.15) is 0 Å². The molecule has 0 aliphatic rings. The molecule has 0 radical (unpaired) electrons. The summed E-state index contributed by atoms with van der Waals surface area (Å²) in [6, 6.07) is 14.1. The number of carbonyl (C=O) groups is 1. The number of fused-ring (bicyclic) bond motifs is 1. The van der Waals surface area contributed by atoms with Gasteiger partial charge in [-0.1, -0.05) is 12.1 Å². The molecule has 3 rings (SSSR count). The van der Waals surface area contributed by atoms with Crippen molar-refractivity contribution < 1.29 is 9.72 Å². The normalized spacial score (nSPS) is 12.1. The number of thioether (sulfide) groups is 1. The van der Waals surface area contributed by atoms with E-state index < -0.39 is 4.92 Å². The first kappa shape index (κ1) is 18.9. The number of nitro groups is 1. The number of aryl methyl sites for hydroxylation is 1. The minimum atomic E-state index is -0.438. The summed E-state index contributed by atoms with van der Waals surface area (Å²) in [5.41, 5.74) is 2.04. The Kier molecular flexibility index (Phi) is 5.75. The summed E-state index contributed by atoms with van der Waals surface area (Å²) in [5, 5.41) is 13.3. The quantitative estimate of drug-likeness (QED) is 0.382.